The first kappa shape index (κ1) is 26.2. The molecule has 1 saturated heterocycles. The van der Waals surface area contributed by atoms with Crippen LogP contribution in [-0.2, 0) is 19.1 Å². The number of anilines is 1. The number of carbonyl (C=O) groups excluding carboxylic acids is 1. The normalized spacial score (nSPS) is 19.4. The van der Waals surface area contributed by atoms with E-state index in [1.54, 1.807) is 25.1 Å². The molecular formula is C25H29FN6O5. The van der Waals surface area contributed by atoms with Gasteiger partial charge in [0.15, 0.2) is 5.82 Å². The fourth-order valence-electron chi connectivity index (χ4n) is 3.72. The van der Waals surface area contributed by atoms with Crippen LogP contribution in [0.2, 0.25) is 0 Å². The zero-order chi connectivity index (χ0) is 26.4. The number of carboxylic acids is 1. The second-order valence-corrected chi connectivity index (χ2v) is 8.96. The van der Waals surface area contributed by atoms with Crippen molar-refractivity contribution >= 4 is 17.8 Å². The predicted molar refractivity (Wildman–Crippen MR) is 132 cm³/mol. The molecular weight excluding hydrogens is 483 g/mol. The van der Waals surface area contributed by atoms with Gasteiger partial charge in [0.25, 0.3) is 0 Å². The third-order valence-electron chi connectivity index (χ3n) is 5.79. The smallest absolute Gasteiger partial charge is 0.305 e. The van der Waals surface area contributed by atoms with Crippen LogP contribution in [0.5, 0.6) is 0 Å². The van der Waals surface area contributed by atoms with Gasteiger partial charge in [0.1, 0.15) is 5.82 Å². The van der Waals surface area contributed by atoms with Crippen LogP contribution in [0.3, 0.4) is 0 Å². The number of carbonyl (C=O) groups is 2. The maximum Gasteiger partial charge on any atom is 0.305 e. The average Bonchev–Trinajstić information content (AvgIpc) is 3.33. The molecule has 0 spiro atoms. The van der Waals surface area contributed by atoms with Crippen molar-refractivity contribution in [3.63, 3.8) is 0 Å². The molecule has 1 aromatic carbocycles. The van der Waals surface area contributed by atoms with E-state index in [0.29, 0.717) is 35.0 Å². The molecule has 1 aliphatic rings. The summed E-state index contributed by atoms with van der Waals surface area (Å²) in [5.74, 6) is -0.841. The Morgan fingerprint density at radius 2 is 1.89 bits per heavy atom. The van der Waals surface area contributed by atoms with Crippen molar-refractivity contribution in [3.05, 3.63) is 48.2 Å². The maximum atomic E-state index is 13.6. The minimum atomic E-state index is -0.938. The lowest BCUT2D eigenvalue weighted by Crippen LogP contribution is -2.48. The van der Waals surface area contributed by atoms with E-state index in [-0.39, 0.29) is 43.9 Å². The number of aromatic amines is 1. The number of hydrogen-bond acceptors (Lipinski definition) is 8. The van der Waals surface area contributed by atoms with Gasteiger partial charge in [-0.1, -0.05) is 6.92 Å². The quantitative estimate of drug-likeness (QED) is 0.321. The summed E-state index contributed by atoms with van der Waals surface area (Å²) in [6, 6.07) is 7.54. The molecule has 1 aliphatic heterocycles. The number of halogens is 1. The van der Waals surface area contributed by atoms with E-state index in [1.165, 1.54) is 18.3 Å². The summed E-state index contributed by atoms with van der Waals surface area (Å²) in [6.45, 7) is 4.78. The van der Waals surface area contributed by atoms with E-state index in [9.17, 15) is 14.0 Å². The molecule has 0 saturated carbocycles. The predicted octanol–water partition coefficient (Wildman–Crippen LogP) is 3.14. The number of carboxylic acid groups (broad SMARTS) is 1. The van der Waals surface area contributed by atoms with Gasteiger partial charge in [0.05, 0.1) is 42.1 Å². The summed E-state index contributed by atoms with van der Waals surface area (Å²) in [4.78, 5) is 39.9. The van der Waals surface area contributed by atoms with E-state index in [2.05, 4.69) is 30.6 Å². The molecule has 0 atom stereocenters. The third kappa shape index (κ3) is 6.27. The summed E-state index contributed by atoms with van der Waals surface area (Å²) in [7, 11) is 0. The van der Waals surface area contributed by atoms with E-state index in [1.807, 2.05) is 6.92 Å². The van der Waals surface area contributed by atoms with Crippen LogP contribution in [0.1, 0.15) is 38.8 Å². The van der Waals surface area contributed by atoms with Crippen molar-refractivity contribution in [2.24, 2.45) is 5.41 Å². The van der Waals surface area contributed by atoms with E-state index < -0.39 is 17.7 Å². The van der Waals surface area contributed by atoms with E-state index in [0.717, 1.165) is 6.42 Å². The Morgan fingerprint density at radius 1 is 1.16 bits per heavy atom. The van der Waals surface area contributed by atoms with Crippen LogP contribution >= 0.6 is 0 Å². The summed E-state index contributed by atoms with van der Waals surface area (Å²) in [6.07, 6.45) is 1.42. The largest absolute Gasteiger partial charge is 0.481 e. The Kier molecular flexibility index (Phi) is 8.09. The number of ether oxygens (including phenoxy) is 2. The Morgan fingerprint density at radius 3 is 2.57 bits per heavy atom. The zero-order valence-corrected chi connectivity index (χ0v) is 20.6. The van der Waals surface area contributed by atoms with Crippen LogP contribution in [0, 0.1) is 11.2 Å². The van der Waals surface area contributed by atoms with Crippen molar-refractivity contribution in [2.75, 3.05) is 31.6 Å². The number of benzene rings is 1. The molecule has 2 aromatic heterocycles. The molecule has 11 nitrogen and oxygen atoms in total. The first-order chi connectivity index (χ1) is 17.8. The standard InChI is InChI=1S/C25H29FN6O5/c1-3-10-27-23(35)25(2)13-36-22(37-14-25)21-31-19(15-4-6-16(26)7-5-15)20(32-21)17-8-11-28-24(30-17)29-12-9-18(33)34/h4-8,11,22H,3,9-10,12-14H2,1-2H3,(H,27,35)(H,31,32)(H,33,34)(H,28,29,30). The number of rotatable bonds is 10. The summed E-state index contributed by atoms with van der Waals surface area (Å²) in [5.41, 5.74) is 1.30. The summed E-state index contributed by atoms with van der Waals surface area (Å²) >= 11 is 0. The molecule has 0 bridgehead atoms. The Balaban J connectivity index is 1.60. The van der Waals surface area contributed by atoms with Crippen molar-refractivity contribution < 1.29 is 28.6 Å². The molecule has 1 amide bonds. The molecule has 3 heterocycles. The highest BCUT2D eigenvalue weighted by atomic mass is 19.1. The third-order valence-corrected chi connectivity index (χ3v) is 5.79. The van der Waals surface area contributed by atoms with Crippen molar-refractivity contribution in [1.82, 2.24) is 25.3 Å². The molecule has 4 N–H and O–H groups in total. The Hall–Kier alpha value is -3.90. The van der Waals surface area contributed by atoms with Crippen molar-refractivity contribution in [3.8, 4) is 22.6 Å². The Bertz CT molecular complexity index is 1240. The van der Waals surface area contributed by atoms with Crippen molar-refractivity contribution in [1.29, 1.82) is 0 Å². The van der Waals surface area contributed by atoms with Gasteiger partial charge in [0, 0.05) is 24.8 Å². The number of aromatic nitrogens is 4. The molecule has 4 rings (SSSR count). The van der Waals surface area contributed by atoms with Crippen LogP contribution in [-0.4, -0.2) is 63.2 Å². The van der Waals surface area contributed by atoms with Gasteiger partial charge in [-0.15, -0.1) is 0 Å². The van der Waals surface area contributed by atoms with E-state index >= 15 is 0 Å². The lowest BCUT2D eigenvalue weighted by molar-refractivity contribution is -0.231. The fourth-order valence-corrected chi connectivity index (χ4v) is 3.72. The number of imidazole rings is 1. The van der Waals surface area contributed by atoms with Gasteiger partial charge < -0.3 is 30.2 Å². The number of nitrogens with one attached hydrogen (secondary N) is 3. The zero-order valence-electron chi connectivity index (χ0n) is 20.6. The molecule has 196 valence electrons. The minimum absolute atomic E-state index is 0.0889. The number of hydrogen-bond donors (Lipinski definition) is 4. The van der Waals surface area contributed by atoms with Gasteiger partial charge in [-0.25, -0.2) is 19.3 Å². The van der Waals surface area contributed by atoms with Crippen LogP contribution in [0.4, 0.5) is 10.3 Å². The van der Waals surface area contributed by atoms with Crippen LogP contribution in [0.25, 0.3) is 22.6 Å². The van der Waals surface area contributed by atoms with Gasteiger partial charge >= 0.3 is 5.97 Å². The second-order valence-electron chi connectivity index (χ2n) is 8.96. The highest BCUT2D eigenvalue weighted by Crippen LogP contribution is 2.35. The molecule has 0 radical (unpaired) electrons. The van der Waals surface area contributed by atoms with Gasteiger partial charge in [-0.3, -0.25) is 9.59 Å². The molecule has 3 aromatic rings. The van der Waals surface area contributed by atoms with Crippen LogP contribution < -0.4 is 10.6 Å². The van der Waals surface area contributed by atoms with E-state index in [4.69, 9.17) is 14.6 Å². The summed E-state index contributed by atoms with van der Waals surface area (Å²) < 4.78 is 25.4. The lowest BCUT2D eigenvalue weighted by atomic mass is 9.91. The fraction of sp³-hybridized carbons (Fsp3) is 0.400. The van der Waals surface area contributed by atoms with Gasteiger partial charge in [-0.2, -0.15) is 0 Å². The van der Waals surface area contributed by atoms with Crippen LogP contribution in [0.15, 0.2) is 36.5 Å². The van der Waals surface area contributed by atoms with Gasteiger partial charge in [0.2, 0.25) is 18.1 Å². The second kappa shape index (κ2) is 11.4. The first-order valence-electron chi connectivity index (χ1n) is 12.0. The number of aliphatic carboxylic acids is 1. The van der Waals surface area contributed by atoms with Crippen molar-refractivity contribution in [2.45, 2.75) is 33.0 Å². The number of H-pyrrole nitrogens is 1. The summed E-state index contributed by atoms with van der Waals surface area (Å²) in [5, 5.41) is 14.6. The topological polar surface area (TPSA) is 151 Å². The first-order valence-corrected chi connectivity index (χ1v) is 12.0. The molecule has 12 heteroatoms. The maximum absolute atomic E-state index is 13.6. The molecule has 0 aliphatic carbocycles. The molecule has 0 unspecified atom stereocenters. The average molecular weight is 513 g/mol. The molecule has 37 heavy (non-hydrogen) atoms. The minimum Gasteiger partial charge on any atom is -0.481 e. The Labute approximate surface area is 212 Å². The highest BCUT2D eigenvalue weighted by molar-refractivity contribution is 5.82. The highest BCUT2D eigenvalue weighted by Gasteiger charge is 2.40. The monoisotopic (exact) mass is 512 g/mol. The number of amides is 1. The van der Waals surface area contributed by atoms with Gasteiger partial charge in [-0.05, 0) is 43.7 Å². The molecule has 1 fully saturated rings. The number of nitrogens with zero attached hydrogens (tertiary/aromatic N) is 3. The lowest BCUT2D eigenvalue weighted by Gasteiger charge is -2.35. The SMILES string of the molecule is CCCNC(=O)C1(C)COC(c2nc(-c3ccc(F)cc3)c(-c3ccnc(NCCC(=O)O)n3)[nH]2)OC1.